The Morgan fingerprint density at radius 3 is 2.56 bits per heavy atom. The van der Waals surface area contributed by atoms with Crippen molar-refractivity contribution in [3.05, 3.63) is 11.2 Å². The zero-order valence-corrected chi connectivity index (χ0v) is 10.4. The van der Waals surface area contributed by atoms with E-state index >= 15 is 0 Å². The SMILES string of the molecule is CCN(CC)c1nc(Cl)cc(NC(C)=O)n1. The molecule has 0 atom stereocenters. The first-order valence-corrected chi connectivity index (χ1v) is 5.51. The van der Waals surface area contributed by atoms with Gasteiger partial charge in [0, 0.05) is 26.1 Å². The molecule has 1 amide bonds. The topological polar surface area (TPSA) is 58.1 Å². The Balaban J connectivity index is 3.01. The lowest BCUT2D eigenvalue weighted by Crippen LogP contribution is -2.24. The number of nitrogens with zero attached hydrogens (tertiary/aromatic N) is 3. The van der Waals surface area contributed by atoms with Gasteiger partial charge in [0.25, 0.3) is 0 Å². The molecule has 0 aromatic carbocycles. The molecule has 1 aromatic rings. The molecule has 0 aliphatic carbocycles. The minimum absolute atomic E-state index is 0.180. The number of aromatic nitrogens is 2. The molecule has 16 heavy (non-hydrogen) atoms. The van der Waals surface area contributed by atoms with Crippen LogP contribution < -0.4 is 10.2 Å². The minimum atomic E-state index is -0.180. The van der Waals surface area contributed by atoms with Gasteiger partial charge in [-0.3, -0.25) is 4.79 Å². The number of carbonyl (C=O) groups is 1. The smallest absolute Gasteiger partial charge is 0.228 e. The first-order chi connectivity index (χ1) is 7.56. The lowest BCUT2D eigenvalue weighted by Gasteiger charge is -2.19. The van der Waals surface area contributed by atoms with E-state index in [1.54, 1.807) is 0 Å². The molecule has 1 aromatic heterocycles. The lowest BCUT2D eigenvalue weighted by atomic mass is 10.5. The highest BCUT2D eigenvalue weighted by Crippen LogP contribution is 2.17. The second-order valence-corrected chi connectivity index (χ2v) is 3.62. The number of halogens is 1. The van der Waals surface area contributed by atoms with Gasteiger partial charge in [-0.2, -0.15) is 4.98 Å². The quantitative estimate of drug-likeness (QED) is 0.820. The Bertz CT molecular complexity index is 379. The van der Waals surface area contributed by atoms with E-state index in [-0.39, 0.29) is 5.91 Å². The standard InChI is InChI=1S/C10H15ClN4O/c1-4-15(5-2)10-13-8(11)6-9(14-10)12-7(3)16/h6H,4-5H2,1-3H3,(H,12,13,14,16). The summed E-state index contributed by atoms with van der Waals surface area (Å²) in [7, 11) is 0. The van der Waals surface area contributed by atoms with Gasteiger partial charge < -0.3 is 10.2 Å². The molecule has 0 radical (unpaired) electrons. The van der Waals surface area contributed by atoms with Gasteiger partial charge in [-0.05, 0) is 13.8 Å². The third-order valence-electron chi connectivity index (χ3n) is 2.03. The van der Waals surface area contributed by atoms with Crippen molar-refractivity contribution in [1.29, 1.82) is 0 Å². The minimum Gasteiger partial charge on any atom is -0.341 e. The molecule has 6 heteroatoms. The van der Waals surface area contributed by atoms with E-state index in [1.807, 2.05) is 18.7 Å². The van der Waals surface area contributed by atoms with Crippen molar-refractivity contribution in [3.63, 3.8) is 0 Å². The molecule has 0 spiro atoms. The lowest BCUT2D eigenvalue weighted by molar-refractivity contribution is -0.114. The molecular weight excluding hydrogens is 228 g/mol. The Morgan fingerprint density at radius 2 is 2.06 bits per heavy atom. The molecule has 1 heterocycles. The van der Waals surface area contributed by atoms with Gasteiger partial charge in [-0.1, -0.05) is 11.6 Å². The third-order valence-corrected chi connectivity index (χ3v) is 2.23. The predicted octanol–water partition coefficient (Wildman–Crippen LogP) is 1.93. The Hall–Kier alpha value is -1.36. The summed E-state index contributed by atoms with van der Waals surface area (Å²) < 4.78 is 0. The van der Waals surface area contributed by atoms with Crippen LogP contribution in [0.1, 0.15) is 20.8 Å². The van der Waals surface area contributed by atoms with Crippen molar-refractivity contribution < 1.29 is 4.79 Å². The fourth-order valence-electron chi connectivity index (χ4n) is 1.30. The number of nitrogens with one attached hydrogen (secondary N) is 1. The van der Waals surface area contributed by atoms with Crippen molar-refractivity contribution in [1.82, 2.24) is 9.97 Å². The van der Waals surface area contributed by atoms with E-state index in [2.05, 4.69) is 15.3 Å². The normalized spacial score (nSPS) is 10.0. The van der Waals surface area contributed by atoms with Crippen molar-refractivity contribution in [2.75, 3.05) is 23.3 Å². The number of hydrogen-bond donors (Lipinski definition) is 1. The Kier molecular flexibility index (Phi) is 4.49. The summed E-state index contributed by atoms with van der Waals surface area (Å²) >= 11 is 5.86. The second-order valence-electron chi connectivity index (χ2n) is 3.23. The van der Waals surface area contributed by atoms with Gasteiger partial charge in [0.05, 0.1) is 0 Å². The van der Waals surface area contributed by atoms with Crippen LogP contribution in [0.3, 0.4) is 0 Å². The number of anilines is 2. The van der Waals surface area contributed by atoms with Crippen LogP contribution in [-0.4, -0.2) is 29.0 Å². The number of amides is 1. The average molecular weight is 243 g/mol. The molecular formula is C10H15ClN4O. The van der Waals surface area contributed by atoms with Crippen molar-refractivity contribution in [2.24, 2.45) is 0 Å². The van der Waals surface area contributed by atoms with Crippen LogP contribution in [0.2, 0.25) is 5.15 Å². The molecule has 0 fully saturated rings. The van der Waals surface area contributed by atoms with E-state index in [1.165, 1.54) is 13.0 Å². The van der Waals surface area contributed by atoms with Crippen LogP contribution in [0.5, 0.6) is 0 Å². The van der Waals surface area contributed by atoms with Gasteiger partial charge in [0.15, 0.2) is 0 Å². The maximum Gasteiger partial charge on any atom is 0.228 e. The summed E-state index contributed by atoms with van der Waals surface area (Å²) in [4.78, 5) is 21.2. The summed E-state index contributed by atoms with van der Waals surface area (Å²) in [6, 6.07) is 1.52. The fraction of sp³-hybridized carbons (Fsp3) is 0.500. The number of hydrogen-bond acceptors (Lipinski definition) is 4. The molecule has 0 saturated carbocycles. The van der Waals surface area contributed by atoms with Gasteiger partial charge in [0.2, 0.25) is 11.9 Å². The van der Waals surface area contributed by atoms with Crippen LogP contribution in [0.25, 0.3) is 0 Å². The van der Waals surface area contributed by atoms with Crippen LogP contribution in [0.15, 0.2) is 6.07 Å². The maximum absolute atomic E-state index is 10.9. The molecule has 0 aliphatic rings. The zero-order valence-electron chi connectivity index (χ0n) is 9.62. The highest BCUT2D eigenvalue weighted by atomic mass is 35.5. The van der Waals surface area contributed by atoms with Crippen molar-refractivity contribution >= 4 is 29.3 Å². The fourth-order valence-corrected chi connectivity index (χ4v) is 1.48. The number of rotatable bonds is 4. The number of carbonyl (C=O) groups excluding carboxylic acids is 1. The monoisotopic (exact) mass is 242 g/mol. The third kappa shape index (κ3) is 3.34. The van der Waals surface area contributed by atoms with Gasteiger partial charge >= 0.3 is 0 Å². The van der Waals surface area contributed by atoms with Crippen LogP contribution in [0.4, 0.5) is 11.8 Å². The highest BCUT2D eigenvalue weighted by Gasteiger charge is 2.09. The van der Waals surface area contributed by atoms with Crippen molar-refractivity contribution in [3.8, 4) is 0 Å². The molecule has 1 rings (SSSR count). The summed E-state index contributed by atoms with van der Waals surface area (Å²) in [6.07, 6.45) is 0. The Labute approximate surface area is 99.8 Å². The van der Waals surface area contributed by atoms with E-state index in [0.29, 0.717) is 16.9 Å². The molecule has 1 N–H and O–H groups in total. The van der Waals surface area contributed by atoms with Crippen molar-refractivity contribution in [2.45, 2.75) is 20.8 Å². The van der Waals surface area contributed by atoms with E-state index in [4.69, 9.17) is 11.6 Å². The predicted molar refractivity (Wildman–Crippen MR) is 64.9 cm³/mol. The summed E-state index contributed by atoms with van der Waals surface area (Å²) in [5, 5.41) is 2.91. The summed E-state index contributed by atoms with van der Waals surface area (Å²) in [5.41, 5.74) is 0. The summed E-state index contributed by atoms with van der Waals surface area (Å²) in [6.45, 7) is 7.01. The van der Waals surface area contributed by atoms with E-state index in [9.17, 15) is 4.79 Å². The average Bonchev–Trinajstić information content (AvgIpc) is 2.17. The van der Waals surface area contributed by atoms with Gasteiger partial charge in [-0.15, -0.1) is 0 Å². The largest absolute Gasteiger partial charge is 0.341 e. The first-order valence-electron chi connectivity index (χ1n) is 5.14. The molecule has 0 aliphatic heterocycles. The molecule has 0 unspecified atom stereocenters. The zero-order chi connectivity index (χ0) is 12.1. The molecule has 5 nitrogen and oxygen atoms in total. The van der Waals surface area contributed by atoms with Gasteiger partial charge in [0.1, 0.15) is 11.0 Å². The molecule has 88 valence electrons. The van der Waals surface area contributed by atoms with Crippen LogP contribution in [0, 0.1) is 0 Å². The van der Waals surface area contributed by atoms with Crippen LogP contribution >= 0.6 is 11.6 Å². The molecule has 0 bridgehead atoms. The van der Waals surface area contributed by atoms with Crippen LogP contribution in [-0.2, 0) is 4.79 Å². The summed E-state index contributed by atoms with van der Waals surface area (Å²) in [5.74, 6) is 0.774. The van der Waals surface area contributed by atoms with E-state index in [0.717, 1.165) is 13.1 Å². The first kappa shape index (κ1) is 12.7. The van der Waals surface area contributed by atoms with Gasteiger partial charge in [-0.25, -0.2) is 4.98 Å². The highest BCUT2D eigenvalue weighted by molar-refractivity contribution is 6.29. The Morgan fingerprint density at radius 1 is 1.44 bits per heavy atom. The molecule has 0 saturated heterocycles. The maximum atomic E-state index is 10.9. The second kappa shape index (κ2) is 5.65. The van der Waals surface area contributed by atoms with E-state index < -0.39 is 0 Å².